The van der Waals surface area contributed by atoms with E-state index in [2.05, 4.69) is 13.0 Å². The van der Waals surface area contributed by atoms with Crippen molar-refractivity contribution in [3.05, 3.63) is 11.6 Å². The molecule has 0 aliphatic heterocycles. The molecule has 0 spiro atoms. The second-order valence-electron chi connectivity index (χ2n) is 9.84. The zero-order valence-corrected chi connectivity index (χ0v) is 17.3. The zero-order valence-electron chi connectivity index (χ0n) is 17.3. The highest BCUT2D eigenvalue weighted by molar-refractivity contribution is 5.66. The molecule has 0 N–H and O–H groups in total. The molecule has 0 aromatic heterocycles. The summed E-state index contributed by atoms with van der Waals surface area (Å²) in [5.74, 6) is 0.982. The van der Waals surface area contributed by atoms with Gasteiger partial charge in [0.15, 0.2) is 0 Å². The number of hydrogen-bond acceptors (Lipinski definition) is 4. The van der Waals surface area contributed by atoms with Crippen molar-refractivity contribution in [3.63, 3.8) is 0 Å². The molecule has 0 bridgehead atoms. The van der Waals surface area contributed by atoms with E-state index < -0.39 is 6.17 Å². The lowest BCUT2D eigenvalue weighted by atomic mass is 9.47. The highest BCUT2D eigenvalue weighted by Gasteiger charge is 2.61. The minimum atomic E-state index is -0.776. The minimum absolute atomic E-state index is 0.00678. The molecule has 4 aliphatic carbocycles. The summed E-state index contributed by atoms with van der Waals surface area (Å²) in [5, 5.41) is 0. The Labute approximate surface area is 167 Å². The van der Waals surface area contributed by atoms with Gasteiger partial charge >= 0.3 is 11.9 Å². The summed E-state index contributed by atoms with van der Waals surface area (Å²) >= 11 is 0. The topological polar surface area (TPSA) is 52.6 Å². The molecule has 0 heterocycles. The van der Waals surface area contributed by atoms with Crippen LogP contribution in [0.1, 0.15) is 72.1 Å². The van der Waals surface area contributed by atoms with Crippen LogP contribution in [-0.2, 0) is 19.1 Å². The van der Waals surface area contributed by atoms with Gasteiger partial charge in [-0.2, -0.15) is 0 Å². The molecule has 28 heavy (non-hydrogen) atoms. The van der Waals surface area contributed by atoms with Crippen molar-refractivity contribution in [1.82, 2.24) is 0 Å². The Morgan fingerprint density at radius 2 is 1.89 bits per heavy atom. The monoisotopic (exact) mass is 392 g/mol. The Balaban J connectivity index is 1.64. The van der Waals surface area contributed by atoms with Gasteiger partial charge < -0.3 is 9.47 Å². The molecule has 4 aliphatic rings. The summed E-state index contributed by atoms with van der Waals surface area (Å²) in [5.41, 5.74) is 1.02. The van der Waals surface area contributed by atoms with Crippen molar-refractivity contribution in [1.29, 1.82) is 0 Å². The van der Waals surface area contributed by atoms with Gasteiger partial charge in [-0.15, -0.1) is 0 Å². The standard InChI is InChI=1S/C23H33FO4/c1-14(25)27-13-23-11-8-17(24)12-16(23)4-5-18-19-6-7-21(28-15(2)26)22(19,3)10-9-20(18)23/h4,17-21H,5-13H2,1-3H3/t17-,18+,19+,20+,21+,22+,23-/m1/s1. The molecule has 5 heteroatoms. The van der Waals surface area contributed by atoms with Crippen LogP contribution < -0.4 is 0 Å². The van der Waals surface area contributed by atoms with Crippen LogP contribution in [-0.4, -0.2) is 30.8 Å². The quantitative estimate of drug-likeness (QED) is 0.513. The molecular formula is C23H33FO4. The lowest BCUT2D eigenvalue weighted by Gasteiger charge is -2.58. The SMILES string of the molecule is CC(=O)OC[C@]12CC[C@@H](F)CC1=CC[C@@H]1[C@@H]2CC[C@]2(C)[C@@H](OC(C)=O)CC[C@@H]12. The van der Waals surface area contributed by atoms with Gasteiger partial charge in [-0.05, 0) is 62.7 Å². The largest absolute Gasteiger partial charge is 0.465 e. The van der Waals surface area contributed by atoms with Gasteiger partial charge in [-0.3, -0.25) is 9.59 Å². The van der Waals surface area contributed by atoms with Gasteiger partial charge in [0, 0.05) is 31.1 Å². The second-order valence-corrected chi connectivity index (χ2v) is 9.84. The molecule has 3 saturated carbocycles. The van der Waals surface area contributed by atoms with Crippen LogP contribution in [0.2, 0.25) is 0 Å². The number of rotatable bonds is 3. The number of fused-ring (bicyclic) bond motifs is 5. The Morgan fingerprint density at radius 1 is 1.11 bits per heavy atom. The highest BCUT2D eigenvalue weighted by Crippen LogP contribution is 2.65. The van der Waals surface area contributed by atoms with Crippen LogP contribution in [0.25, 0.3) is 0 Å². The van der Waals surface area contributed by atoms with Crippen LogP contribution in [0.5, 0.6) is 0 Å². The summed E-state index contributed by atoms with van der Waals surface area (Å²) < 4.78 is 25.5. The van der Waals surface area contributed by atoms with E-state index in [1.165, 1.54) is 19.4 Å². The lowest BCUT2D eigenvalue weighted by molar-refractivity contribution is -0.159. The van der Waals surface area contributed by atoms with Crippen LogP contribution in [0.4, 0.5) is 4.39 Å². The molecular weight excluding hydrogens is 359 g/mol. The van der Waals surface area contributed by atoms with E-state index in [0.29, 0.717) is 37.2 Å². The molecule has 4 nitrogen and oxygen atoms in total. The van der Waals surface area contributed by atoms with Gasteiger partial charge in [0.25, 0.3) is 0 Å². The van der Waals surface area contributed by atoms with E-state index in [4.69, 9.17) is 9.47 Å². The third-order valence-electron chi connectivity index (χ3n) is 8.52. The van der Waals surface area contributed by atoms with Crippen LogP contribution in [0.15, 0.2) is 11.6 Å². The number of halogens is 1. The summed E-state index contributed by atoms with van der Waals surface area (Å²) in [6.07, 6.45) is 8.35. The molecule has 156 valence electrons. The number of alkyl halides is 1. The van der Waals surface area contributed by atoms with Crippen LogP contribution in [0, 0.1) is 28.6 Å². The number of allylic oxidation sites excluding steroid dienone is 1. The Hall–Kier alpha value is -1.39. The Bertz CT molecular complexity index is 688. The predicted octanol–water partition coefficient (Wildman–Crippen LogP) is 4.76. The molecule has 0 aromatic rings. The molecule has 7 atom stereocenters. The molecule has 4 rings (SSSR count). The van der Waals surface area contributed by atoms with E-state index >= 15 is 0 Å². The first kappa shape index (κ1) is 19.9. The summed E-state index contributed by atoms with van der Waals surface area (Å²) in [4.78, 5) is 23.2. The number of carbonyl (C=O) groups is 2. The average molecular weight is 393 g/mol. The van der Waals surface area contributed by atoms with Crippen LogP contribution >= 0.6 is 0 Å². The van der Waals surface area contributed by atoms with Gasteiger partial charge in [-0.25, -0.2) is 4.39 Å². The summed E-state index contributed by atoms with van der Waals surface area (Å²) in [6, 6.07) is 0. The highest BCUT2D eigenvalue weighted by atomic mass is 19.1. The number of esters is 2. The smallest absolute Gasteiger partial charge is 0.302 e. The van der Waals surface area contributed by atoms with Crippen molar-refractivity contribution in [2.24, 2.45) is 28.6 Å². The molecule has 0 aromatic carbocycles. The summed E-state index contributed by atoms with van der Waals surface area (Å²) in [7, 11) is 0. The first-order valence-electron chi connectivity index (χ1n) is 10.9. The van der Waals surface area contributed by atoms with Gasteiger partial charge in [0.1, 0.15) is 18.9 Å². The van der Waals surface area contributed by atoms with Crippen LogP contribution in [0.3, 0.4) is 0 Å². The number of ether oxygens (including phenoxy) is 2. The number of carbonyl (C=O) groups excluding carboxylic acids is 2. The lowest BCUT2D eigenvalue weighted by Crippen LogP contribution is -2.54. The van der Waals surface area contributed by atoms with E-state index in [-0.39, 0.29) is 28.9 Å². The van der Waals surface area contributed by atoms with E-state index in [1.54, 1.807) is 0 Å². The fourth-order valence-corrected chi connectivity index (χ4v) is 7.26. The summed E-state index contributed by atoms with van der Waals surface area (Å²) in [6.45, 7) is 5.64. The first-order chi connectivity index (χ1) is 13.3. The third kappa shape index (κ3) is 3.09. The fourth-order valence-electron chi connectivity index (χ4n) is 7.26. The van der Waals surface area contributed by atoms with E-state index in [0.717, 1.165) is 38.5 Å². The van der Waals surface area contributed by atoms with Crippen molar-refractivity contribution in [2.75, 3.05) is 6.61 Å². The third-order valence-corrected chi connectivity index (χ3v) is 8.52. The first-order valence-corrected chi connectivity index (χ1v) is 10.9. The zero-order chi connectivity index (χ0) is 20.1. The maximum absolute atomic E-state index is 14.2. The molecule has 0 amide bonds. The maximum Gasteiger partial charge on any atom is 0.302 e. The van der Waals surface area contributed by atoms with Crippen molar-refractivity contribution in [3.8, 4) is 0 Å². The van der Waals surface area contributed by atoms with E-state index in [1.807, 2.05) is 0 Å². The Kier molecular flexibility index (Phi) is 5.08. The fraction of sp³-hybridized carbons (Fsp3) is 0.826. The maximum atomic E-state index is 14.2. The van der Waals surface area contributed by atoms with Crippen molar-refractivity contribution < 1.29 is 23.5 Å². The normalized spacial score (nSPS) is 44.6. The molecule has 0 saturated heterocycles. The number of hydrogen-bond donors (Lipinski definition) is 0. The molecule has 0 radical (unpaired) electrons. The molecule has 0 unspecified atom stereocenters. The van der Waals surface area contributed by atoms with Crippen molar-refractivity contribution in [2.45, 2.75) is 84.4 Å². The minimum Gasteiger partial charge on any atom is -0.465 e. The average Bonchev–Trinajstić information content (AvgIpc) is 2.96. The van der Waals surface area contributed by atoms with Gasteiger partial charge in [0.05, 0.1) is 0 Å². The predicted molar refractivity (Wildman–Crippen MR) is 103 cm³/mol. The van der Waals surface area contributed by atoms with Gasteiger partial charge in [-0.1, -0.05) is 18.6 Å². The Morgan fingerprint density at radius 3 is 2.61 bits per heavy atom. The molecule has 3 fully saturated rings. The second kappa shape index (κ2) is 7.14. The van der Waals surface area contributed by atoms with E-state index in [9.17, 15) is 14.0 Å². The van der Waals surface area contributed by atoms with Crippen molar-refractivity contribution >= 4 is 11.9 Å². The van der Waals surface area contributed by atoms with Gasteiger partial charge in [0.2, 0.25) is 0 Å².